The van der Waals surface area contributed by atoms with Crippen molar-refractivity contribution in [2.45, 2.75) is 122 Å². The van der Waals surface area contributed by atoms with Crippen molar-refractivity contribution >= 4 is 18.2 Å². The van der Waals surface area contributed by atoms with Crippen LogP contribution < -0.4 is 0 Å². The Bertz CT molecular complexity index is 432. The number of hydrogen-bond donors (Lipinski definition) is 0. The minimum absolute atomic E-state index is 0.493. The van der Waals surface area contributed by atoms with Crippen LogP contribution in [0.15, 0.2) is 9.98 Å². The predicted molar refractivity (Wildman–Crippen MR) is 144 cm³/mol. The number of carbonyl (C=O) groups is 1. The SMILES string of the molecule is C/N=C\CCCCCCCCC(CCCCCCCC/C=N\C)CC(=O)CCCN(C)C. The first-order chi connectivity index (χ1) is 15.6. The van der Waals surface area contributed by atoms with Gasteiger partial charge in [-0.1, -0.05) is 77.0 Å². The summed E-state index contributed by atoms with van der Waals surface area (Å²) in [4.78, 5) is 22.8. The Labute approximate surface area is 200 Å². The van der Waals surface area contributed by atoms with E-state index in [1.165, 1.54) is 89.9 Å². The smallest absolute Gasteiger partial charge is 0.133 e. The number of ketones is 1. The third-order valence-corrected chi connectivity index (χ3v) is 6.33. The molecule has 0 aliphatic rings. The predicted octanol–water partition coefficient (Wildman–Crippen LogP) is 7.55. The number of unbranched alkanes of at least 4 members (excludes halogenated alkanes) is 12. The molecule has 4 heteroatoms. The second-order valence-electron chi connectivity index (χ2n) is 9.79. The van der Waals surface area contributed by atoms with Gasteiger partial charge in [-0.05, 0) is 71.1 Å². The molecular weight excluding hydrogens is 394 g/mol. The van der Waals surface area contributed by atoms with Crippen LogP contribution in [0.5, 0.6) is 0 Å². The zero-order chi connectivity index (χ0) is 23.7. The summed E-state index contributed by atoms with van der Waals surface area (Å²) in [5.74, 6) is 1.11. The number of nitrogens with zero attached hydrogens (tertiary/aromatic N) is 3. The summed E-state index contributed by atoms with van der Waals surface area (Å²) in [6, 6.07) is 0. The average Bonchev–Trinajstić information content (AvgIpc) is 2.76. The first-order valence-electron chi connectivity index (χ1n) is 13.6. The number of carbonyl (C=O) groups excluding carboxylic acids is 1. The molecule has 0 amide bonds. The number of Topliss-reactive ketones (excluding diaryl/α,β-unsaturated/α-hetero) is 1. The van der Waals surface area contributed by atoms with Gasteiger partial charge in [-0.3, -0.25) is 4.79 Å². The van der Waals surface area contributed by atoms with Gasteiger partial charge < -0.3 is 14.9 Å². The van der Waals surface area contributed by atoms with Crippen LogP contribution in [0.2, 0.25) is 0 Å². The van der Waals surface area contributed by atoms with Gasteiger partial charge in [0.1, 0.15) is 5.78 Å². The molecule has 4 nitrogen and oxygen atoms in total. The van der Waals surface area contributed by atoms with E-state index in [-0.39, 0.29) is 0 Å². The van der Waals surface area contributed by atoms with E-state index in [1.807, 2.05) is 26.5 Å². The van der Waals surface area contributed by atoms with Crippen LogP contribution in [-0.2, 0) is 4.79 Å². The normalized spacial score (nSPS) is 12.2. The average molecular weight is 450 g/mol. The lowest BCUT2D eigenvalue weighted by atomic mass is 9.89. The summed E-state index contributed by atoms with van der Waals surface area (Å²) in [5, 5.41) is 0. The molecule has 0 radical (unpaired) electrons. The quantitative estimate of drug-likeness (QED) is 0.113. The minimum atomic E-state index is 0.493. The highest BCUT2D eigenvalue weighted by Crippen LogP contribution is 2.23. The van der Waals surface area contributed by atoms with Gasteiger partial charge in [0.2, 0.25) is 0 Å². The third kappa shape index (κ3) is 23.6. The van der Waals surface area contributed by atoms with E-state index < -0.39 is 0 Å². The van der Waals surface area contributed by atoms with Crippen molar-refractivity contribution in [1.82, 2.24) is 4.90 Å². The standard InChI is InChI=1S/C28H55N3O/c1-29-23-17-13-9-5-7-11-15-20-27(26-28(32)22-19-25-31(3)4)21-16-12-8-6-10-14-18-24-30-2/h23-24,27H,5-22,25-26H2,1-4H3/b29-23-,30-24-. The highest BCUT2D eigenvalue weighted by Gasteiger charge is 2.14. The summed E-state index contributed by atoms with van der Waals surface area (Å²) >= 11 is 0. The Kier molecular flexibility index (Phi) is 23.8. The molecule has 0 unspecified atom stereocenters. The van der Waals surface area contributed by atoms with Gasteiger partial charge in [0.25, 0.3) is 0 Å². The summed E-state index contributed by atoms with van der Waals surface area (Å²) < 4.78 is 0. The first kappa shape index (κ1) is 31.0. The molecule has 0 aromatic heterocycles. The minimum Gasteiger partial charge on any atom is -0.309 e. The zero-order valence-electron chi connectivity index (χ0n) is 22.1. The fourth-order valence-electron chi connectivity index (χ4n) is 4.37. The van der Waals surface area contributed by atoms with E-state index >= 15 is 0 Å². The molecule has 0 aliphatic heterocycles. The molecule has 188 valence electrons. The van der Waals surface area contributed by atoms with Gasteiger partial charge in [-0.2, -0.15) is 0 Å². The molecule has 0 aromatic rings. The van der Waals surface area contributed by atoms with Crippen molar-refractivity contribution in [3.05, 3.63) is 0 Å². The molecule has 32 heavy (non-hydrogen) atoms. The lowest BCUT2D eigenvalue weighted by Gasteiger charge is -2.17. The van der Waals surface area contributed by atoms with E-state index in [0.29, 0.717) is 11.7 Å². The maximum Gasteiger partial charge on any atom is 0.133 e. The van der Waals surface area contributed by atoms with Crippen molar-refractivity contribution in [1.29, 1.82) is 0 Å². The number of hydrogen-bond acceptors (Lipinski definition) is 4. The van der Waals surface area contributed by atoms with E-state index in [4.69, 9.17) is 0 Å². The molecular formula is C28H55N3O. The lowest BCUT2D eigenvalue weighted by Crippen LogP contribution is -2.15. The van der Waals surface area contributed by atoms with Crippen molar-refractivity contribution in [3.63, 3.8) is 0 Å². The van der Waals surface area contributed by atoms with Gasteiger partial charge in [0, 0.05) is 26.9 Å². The summed E-state index contributed by atoms with van der Waals surface area (Å²) in [7, 11) is 7.88. The van der Waals surface area contributed by atoms with Gasteiger partial charge >= 0.3 is 0 Å². The Balaban J connectivity index is 4.04. The molecule has 0 rings (SSSR count). The van der Waals surface area contributed by atoms with Crippen molar-refractivity contribution < 1.29 is 4.79 Å². The van der Waals surface area contributed by atoms with Crippen molar-refractivity contribution in [2.75, 3.05) is 34.7 Å². The maximum atomic E-state index is 12.5. The van der Waals surface area contributed by atoms with Crippen molar-refractivity contribution in [3.8, 4) is 0 Å². The summed E-state index contributed by atoms with van der Waals surface area (Å²) in [6.45, 7) is 1.02. The molecule has 0 N–H and O–H groups in total. The van der Waals surface area contributed by atoms with Gasteiger partial charge in [0.15, 0.2) is 0 Å². The topological polar surface area (TPSA) is 45.0 Å². The molecule has 0 bridgehead atoms. The van der Waals surface area contributed by atoms with Gasteiger partial charge in [0.05, 0.1) is 0 Å². The Morgan fingerprint density at radius 3 is 1.56 bits per heavy atom. The van der Waals surface area contributed by atoms with E-state index in [9.17, 15) is 4.79 Å². The highest BCUT2D eigenvalue weighted by molar-refractivity contribution is 5.78. The second kappa shape index (κ2) is 24.6. The zero-order valence-corrected chi connectivity index (χ0v) is 22.1. The Hall–Kier alpha value is -1.03. The van der Waals surface area contributed by atoms with Crippen LogP contribution in [-0.4, -0.2) is 57.8 Å². The van der Waals surface area contributed by atoms with Crippen LogP contribution in [0.3, 0.4) is 0 Å². The summed E-state index contributed by atoms with van der Waals surface area (Å²) in [6.07, 6.45) is 27.2. The fraction of sp³-hybridized carbons (Fsp3) is 0.893. The van der Waals surface area contributed by atoms with Gasteiger partial charge in [-0.15, -0.1) is 0 Å². The van der Waals surface area contributed by atoms with E-state index in [1.54, 1.807) is 0 Å². The summed E-state index contributed by atoms with van der Waals surface area (Å²) in [5.41, 5.74) is 0. The molecule has 0 spiro atoms. The Morgan fingerprint density at radius 2 is 1.12 bits per heavy atom. The van der Waals surface area contributed by atoms with Crippen LogP contribution >= 0.6 is 0 Å². The molecule has 0 fully saturated rings. The molecule has 0 heterocycles. The number of aliphatic imine (C=N–C) groups is 2. The monoisotopic (exact) mass is 449 g/mol. The fourth-order valence-corrected chi connectivity index (χ4v) is 4.37. The van der Waals surface area contributed by atoms with Crippen LogP contribution in [0.4, 0.5) is 0 Å². The molecule has 0 aromatic carbocycles. The van der Waals surface area contributed by atoms with Crippen molar-refractivity contribution in [2.24, 2.45) is 15.9 Å². The van der Waals surface area contributed by atoms with Crippen LogP contribution in [0, 0.1) is 5.92 Å². The molecule has 0 saturated heterocycles. The third-order valence-electron chi connectivity index (χ3n) is 6.33. The molecule has 0 aliphatic carbocycles. The maximum absolute atomic E-state index is 12.5. The van der Waals surface area contributed by atoms with E-state index in [2.05, 4.69) is 29.0 Å². The van der Waals surface area contributed by atoms with Crippen LogP contribution in [0.25, 0.3) is 0 Å². The number of rotatable bonds is 24. The highest BCUT2D eigenvalue weighted by atomic mass is 16.1. The van der Waals surface area contributed by atoms with E-state index in [0.717, 1.165) is 38.6 Å². The van der Waals surface area contributed by atoms with Crippen LogP contribution in [0.1, 0.15) is 122 Å². The lowest BCUT2D eigenvalue weighted by molar-refractivity contribution is -0.120. The first-order valence-corrected chi connectivity index (χ1v) is 13.6. The van der Waals surface area contributed by atoms with Gasteiger partial charge in [-0.25, -0.2) is 0 Å². The molecule has 0 atom stereocenters. The molecule has 0 saturated carbocycles. The second-order valence-corrected chi connectivity index (χ2v) is 9.79. The largest absolute Gasteiger partial charge is 0.309 e. The Morgan fingerprint density at radius 1 is 0.688 bits per heavy atom.